The molecule has 0 radical (unpaired) electrons. The Morgan fingerprint density at radius 1 is 1.15 bits per heavy atom. The molecule has 132 valence electrons. The van der Waals surface area contributed by atoms with Gasteiger partial charge in [-0.3, -0.25) is 9.59 Å². The summed E-state index contributed by atoms with van der Waals surface area (Å²) in [6, 6.07) is 11.1. The molecule has 26 heavy (non-hydrogen) atoms. The molecule has 3 aromatic rings. The maximum Gasteiger partial charge on any atom is 0.251 e. The molecule has 3 rings (SSSR count). The van der Waals surface area contributed by atoms with Crippen molar-refractivity contribution in [2.24, 2.45) is 0 Å². The van der Waals surface area contributed by atoms with Gasteiger partial charge in [0.1, 0.15) is 5.69 Å². The van der Waals surface area contributed by atoms with Gasteiger partial charge >= 0.3 is 0 Å². The van der Waals surface area contributed by atoms with E-state index in [1.165, 1.54) is 11.6 Å². The van der Waals surface area contributed by atoms with Crippen LogP contribution in [0.4, 0.5) is 0 Å². The van der Waals surface area contributed by atoms with Crippen LogP contribution >= 0.6 is 0 Å². The second kappa shape index (κ2) is 7.82. The Bertz CT molecular complexity index is 950. The highest BCUT2D eigenvalue weighted by Gasteiger charge is 2.16. The van der Waals surface area contributed by atoms with Crippen LogP contribution < -0.4 is 5.56 Å². The molecule has 0 fully saturated rings. The highest BCUT2D eigenvalue weighted by atomic mass is 16.1. The molecular weight excluding hydrogens is 328 g/mol. The van der Waals surface area contributed by atoms with Crippen molar-refractivity contribution in [2.75, 3.05) is 0 Å². The molecule has 2 aromatic heterocycles. The number of carbonyl (C=O) groups excluding carboxylic acids is 1. The van der Waals surface area contributed by atoms with Crippen molar-refractivity contribution in [1.29, 1.82) is 0 Å². The third-order valence-electron chi connectivity index (χ3n) is 4.25. The number of nitrogens with one attached hydrogen (secondary N) is 1. The van der Waals surface area contributed by atoms with E-state index < -0.39 is 5.56 Å². The van der Waals surface area contributed by atoms with E-state index in [0.717, 1.165) is 12.0 Å². The summed E-state index contributed by atoms with van der Waals surface area (Å²) in [6.07, 6.45) is 4.36. The summed E-state index contributed by atoms with van der Waals surface area (Å²) in [5.41, 5.74) is 2.09. The van der Waals surface area contributed by atoms with Crippen LogP contribution in [0, 0.1) is 0 Å². The lowest BCUT2D eigenvalue weighted by Gasteiger charge is -2.11. The topological polar surface area (TPSA) is 88.6 Å². The lowest BCUT2D eigenvalue weighted by atomic mass is 9.93. The number of aryl methyl sites for hydroxylation is 1. The summed E-state index contributed by atoms with van der Waals surface area (Å²) in [6.45, 7) is 4.10. The molecule has 0 aliphatic carbocycles. The number of H-pyrrole nitrogens is 1. The maximum atomic E-state index is 12.6. The molecule has 1 unspecified atom stereocenters. The Labute approximate surface area is 151 Å². The fourth-order valence-corrected chi connectivity index (χ4v) is 2.71. The second-order valence-corrected chi connectivity index (χ2v) is 6.18. The highest BCUT2D eigenvalue weighted by molar-refractivity contribution is 5.94. The summed E-state index contributed by atoms with van der Waals surface area (Å²) < 4.78 is 0. The third-order valence-corrected chi connectivity index (χ3v) is 4.25. The van der Waals surface area contributed by atoms with Crippen LogP contribution in [0.25, 0.3) is 11.6 Å². The number of aromatic nitrogens is 4. The fourth-order valence-electron chi connectivity index (χ4n) is 2.71. The van der Waals surface area contributed by atoms with Gasteiger partial charge in [0.15, 0.2) is 17.4 Å². The van der Waals surface area contributed by atoms with Crippen molar-refractivity contribution in [2.45, 2.75) is 32.6 Å². The van der Waals surface area contributed by atoms with E-state index in [1.54, 1.807) is 18.5 Å². The molecule has 6 heteroatoms. The minimum Gasteiger partial charge on any atom is -0.304 e. The molecule has 0 aliphatic heterocycles. The summed E-state index contributed by atoms with van der Waals surface area (Å²) in [4.78, 5) is 39.5. The number of hydrogen-bond donors (Lipinski definition) is 1. The quantitative estimate of drug-likeness (QED) is 0.691. The molecule has 0 bridgehead atoms. The van der Waals surface area contributed by atoms with Gasteiger partial charge in [-0.2, -0.15) is 0 Å². The molecule has 1 N–H and O–H groups in total. The Balaban J connectivity index is 1.81. The molecule has 0 aliphatic rings. The molecule has 6 nitrogen and oxygen atoms in total. The molecule has 0 spiro atoms. The monoisotopic (exact) mass is 348 g/mol. The minimum atomic E-state index is -0.397. The standard InChI is InChI=1S/C20H20N4O2/c1-3-14-5-7-15(8-6-14)13(2)11-17(25)16-12-18(26)24-20(23-16)19-21-9-4-10-22-19/h4-10,12-13H,3,11H2,1-2H3,(H,23,24,26). The molecule has 1 aromatic carbocycles. The number of Topliss-reactive ketones (excluding diaryl/α,β-unsaturated/α-hetero) is 1. The lowest BCUT2D eigenvalue weighted by molar-refractivity contribution is 0.0970. The molecule has 2 heterocycles. The predicted octanol–water partition coefficient (Wildman–Crippen LogP) is 3.17. The van der Waals surface area contributed by atoms with E-state index in [2.05, 4.69) is 39.0 Å². The first-order valence-corrected chi connectivity index (χ1v) is 8.57. The van der Waals surface area contributed by atoms with Crippen LogP contribution in [0.5, 0.6) is 0 Å². The lowest BCUT2D eigenvalue weighted by Crippen LogP contribution is -2.16. The van der Waals surface area contributed by atoms with Crippen molar-refractivity contribution in [1.82, 2.24) is 19.9 Å². The number of ketones is 1. The molecule has 0 saturated heterocycles. The molecule has 1 atom stereocenters. The van der Waals surface area contributed by atoms with Crippen molar-refractivity contribution in [3.05, 3.63) is 76.0 Å². The van der Waals surface area contributed by atoms with E-state index in [0.29, 0.717) is 0 Å². The van der Waals surface area contributed by atoms with Gasteiger partial charge in [-0.05, 0) is 29.5 Å². The van der Waals surface area contributed by atoms with E-state index in [4.69, 9.17) is 0 Å². The zero-order valence-electron chi connectivity index (χ0n) is 14.8. The molecule has 0 amide bonds. The Hall–Kier alpha value is -3.15. The van der Waals surface area contributed by atoms with Crippen LogP contribution in [0.3, 0.4) is 0 Å². The summed E-state index contributed by atoms with van der Waals surface area (Å²) in [5.74, 6) is 0.329. The van der Waals surface area contributed by atoms with Gasteiger partial charge in [0.05, 0.1) is 0 Å². The van der Waals surface area contributed by atoms with Gasteiger partial charge in [-0.15, -0.1) is 0 Å². The predicted molar refractivity (Wildman–Crippen MR) is 99.1 cm³/mol. The van der Waals surface area contributed by atoms with Gasteiger partial charge in [-0.25, -0.2) is 15.0 Å². The van der Waals surface area contributed by atoms with Gasteiger partial charge in [0, 0.05) is 24.9 Å². The van der Waals surface area contributed by atoms with E-state index in [1.807, 2.05) is 19.1 Å². The summed E-state index contributed by atoms with van der Waals surface area (Å²) in [5, 5.41) is 0. The Morgan fingerprint density at radius 2 is 1.85 bits per heavy atom. The average molecular weight is 348 g/mol. The number of carbonyl (C=O) groups is 1. The number of hydrogen-bond acceptors (Lipinski definition) is 5. The zero-order valence-corrected chi connectivity index (χ0v) is 14.8. The van der Waals surface area contributed by atoms with Crippen LogP contribution in [0.15, 0.2) is 53.6 Å². The Kier molecular flexibility index (Phi) is 5.31. The van der Waals surface area contributed by atoms with Crippen molar-refractivity contribution >= 4 is 5.78 Å². The van der Waals surface area contributed by atoms with Crippen LogP contribution in [0.1, 0.15) is 47.8 Å². The van der Waals surface area contributed by atoms with Crippen LogP contribution in [-0.4, -0.2) is 25.7 Å². The van der Waals surface area contributed by atoms with Crippen molar-refractivity contribution < 1.29 is 4.79 Å². The number of benzene rings is 1. The third kappa shape index (κ3) is 4.08. The maximum absolute atomic E-state index is 12.6. The molecule has 0 saturated carbocycles. The van der Waals surface area contributed by atoms with E-state index in [-0.39, 0.29) is 35.5 Å². The van der Waals surface area contributed by atoms with Gasteiger partial charge in [0.25, 0.3) is 5.56 Å². The average Bonchev–Trinajstić information content (AvgIpc) is 2.68. The van der Waals surface area contributed by atoms with Crippen molar-refractivity contribution in [3.8, 4) is 11.6 Å². The van der Waals surface area contributed by atoms with Gasteiger partial charge in [0.2, 0.25) is 0 Å². The number of aromatic amines is 1. The SMILES string of the molecule is CCc1ccc(C(C)CC(=O)c2cc(=O)[nH]c(-c3ncccn3)n2)cc1. The first kappa shape index (κ1) is 17.7. The van der Waals surface area contributed by atoms with Crippen LogP contribution in [-0.2, 0) is 6.42 Å². The highest BCUT2D eigenvalue weighted by Crippen LogP contribution is 2.21. The minimum absolute atomic E-state index is 0.0333. The van der Waals surface area contributed by atoms with Gasteiger partial charge < -0.3 is 4.98 Å². The smallest absolute Gasteiger partial charge is 0.251 e. The second-order valence-electron chi connectivity index (χ2n) is 6.18. The Morgan fingerprint density at radius 3 is 2.50 bits per heavy atom. The van der Waals surface area contributed by atoms with Gasteiger partial charge in [-0.1, -0.05) is 38.1 Å². The van der Waals surface area contributed by atoms with Crippen LogP contribution in [0.2, 0.25) is 0 Å². The fraction of sp³-hybridized carbons (Fsp3) is 0.250. The molecular formula is C20H20N4O2. The van der Waals surface area contributed by atoms with E-state index in [9.17, 15) is 9.59 Å². The first-order chi connectivity index (χ1) is 12.6. The summed E-state index contributed by atoms with van der Waals surface area (Å²) >= 11 is 0. The first-order valence-electron chi connectivity index (χ1n) is 8.57. The number of nitrogens with zero attached hydrogens (tertiary/aromatic N) is 3. The normalized spacial score (nSPS) is 11.9. The largest absolute Gasteiger partial charge is 0.304 e. The van der Waals surface area contributed by atoms with Crippen molar-refractivity contribution in [3.63, 3.8) is 0 Å². The zero-order chi connectivity index (χ0) is 18.5. The summed E-state index contributed by atoms with van der Waals surface area (Å²) in [7, 11) is 0. The van der Waals surface area contributed by atoms with E-state index >= 15 is 0 Å². The number of rotatable bonds is 6.